The van der Waals surface area contributed by atoms with Gasteiger partial charge in [-0.1, -0.05) is 49.0 Å². The summed E-state index contributed by atoms with van der Waals surface area (Å²) < 4.78 is 8.41. The van der Waals surface area contributed by atoms with Crippen molar-refractivity contribution in [3.63, 3.8) is 0 Å². The highest BCUT2D eigenvalue weighted by molar-refractivity contribution is 6.00. The maximum absolute atomic E-state index is 12.4. The number of ether oxygens (including phenoxy) is 1. The fraction of sp³-hybridized carbons (Fsp3) is 0.387. The van der Waals surface area contributed by atoms with Crippen LogP contribution in [-0.2, 0) is 11.8 Å². The SMILES string of the molecule is C=CC(=O)N1CCN(c2nc(OC[C@@H]3CCCN3C)nc3c2cc(-c2cccc4ccccc24)n3C)C[C@H]1C. The number of nitrogens with zero attached hydrogens (tertiary/aromatic N) is 6. The molecule has 8 heteroatoms. The van der Waals surface area contributed by atoms with Crippen LogP contribution in [0.5, 0.6) is 6.01 Å². The number of aromatic nitrogens is 3. The highest BCUT2D eigenvalue weighted by Gasteiger charge is 2.30. The van der Waals surface area contributed by atoms with Crippen molar-refractivity contribution in [2.75, 3.05) is 44.7 Å². The summed E-state index contributed by atoms with van der Waals surface area (Å²) in [5, 5.41) is 3.39. The fourth-order valence-electron chi connectivity index (χ4n) is 6.13. The van der Waals surface area contributed by atoms with Crippen LogP contribution in [-0.4, -0.2) is 82.2 Å². The quantitative estimate of drug-likeness (QED) is 0.347. The first-order valence-electron chi connectivity index (χ1n) is 13.8. The van der Waals surface area contributed by atoms with Crippen molar-refractivity contribution in [2.45, 2.75) is 31.8 Å². The van der Waals surface area contributed by atoms with Crippen LogP contribution in [0.2, 0.25) is 0 Å². The molecule has 0 bridgehead atoms. The molecular weight excluding hydrogens is 488 g/mol. The Morgan fingerprint density at radius 1 is 1.08 bits per heavy atom. The Morgan fingerprint density at radius 2 is 1.90 bits per heavy atom. The Kier molecular flexibility index (Phi) is 6.73. The lowest BCUT2D eigenvalue weighted by Gasteiger charge is -2.40. The predicted molar refractivity (Wildman–Crippen MR) is 156 cm³/mol. The standard InChI is InChI=1S/C31H36N6O2/c1-5-28(38)37-17-16-36(19-21(37)2)30-26-18-27(25-14-8-11-22-10-6-7-13-24(22)25)35(4)29(26)32-31(33-30)39-20-23-12-9-15-34(23)3/h5-8,10-11,13-14,18,21,23H,1,9,12,15-17,19-20H2,2-4H3/t21-,23+/m1/s1. The summed E-state index contributed by atoms with van der Waals surface area (Å²) in [7, 11) is 4.21. The average molecular weight is 525 g/mol. The van der Waals surface area contributed by atoms with Crippen LogP contribution in [0, 0.1) is 0 Å². The van der Waals surface area contributed by atoms with Gasteiger partial charge < -0.3 is 24.0 Å². The third kappa shape index (κ3) is 4.63. The Bertz CT molecular complexity index is 1540. The summed E-state index contributed by atoms with van der Waals surface area (Å²) in [5.41, 5.74) is 3.08. The Hall–Kier alpha value is -3.91. The van der Waals surface area contributed by atoms with E-state index in [1.807, 2.05) is 4.90 Å². The second-order valence-electron chi connectivity index (χ2n) is 10.8. The minimum atomic E-state index is -0.0300. The van der Waals surface area contributed by atoms with Crippen LogP contribution in [0.1, 0.15) is 19.8 Å². The molecule has 2 aliphatic heterocycles. The molecule has 0 aliphatic carbocycles. The molecule has 39 heavy (non-hydrogen) atoms. The van der Waals surface area contributed by atoms with Crippen molar-refractivity contribution in [1.29, 1.82) is 0 Å². The van der Waals surface area contributed by atoms with E-state index in [1.54, 1.807) is 0 Å². The number of carbonyl (C=O) groups is 1. The van der Waals surface area contributed by atoms with Gasteiger partial charge in [-0.3, -0.25) is 4.79 Å². The zero-order chi connectivity index (χ0) is 27.1. The summed E-state index contributed by atoms with van der Waals surface area (Å²) in [6, 6.07) is 17.9. The van der Waals surface area contributed by atoms with E-state index >= 15 is 0 Å². The lowest BCUT2D eigenvalue weighted by atomic mass is 10.0. The van der Waals surface area contributed by atoms with Crippen molar-refractivity contribution < 1.29 is 9.53 Å². The summed E-state index contributed by atoms with van der Waals surface area (Å²) in [6.45, 7) is 9.38. The highest BCUT2D eigenvalue weighted by Crippen LogP contribution is 2.36. The number of fused-ring (bicyclic) bond motifs is 2. The van der Waals surface area contributed by atoms with Crippen molar-refractivity contribution in [3.8, 4) is 17.3 Å². The minimum Gasteiger partial charge on any atom is -0.462 e. The molecule has 8 nitrogen and oxygen atoms in total. The number of likely N-dealkylation sites (N-methyl/N-ethyl adjacent to an activating group) is 1. The second-order valence-corrected chi connectivity index (χ2v) is 10.8. The van der Waals surface area contributed by atoms with Crippen LogP contribution < -0.4 is 9.64 Å². The third-order valence-corrected chi connectivity index (χ3v) is 8.37. The third-order valence-electron chi connectivity index (χ3n) is 8.37. The van der Waals surface area contributed by atoms with Gasteiger partial charge in [0.15, 0.2) is 0 Å². The van der Waals surface area contributed by atoms with Gasteiger partial charge >= 0.3 is 6.01 Å². The lowest BCUT2D eigenvalue weighted by molar-refractivity contribution is -0.128. The number of anilines is 1. The molecule has 2 saturated heterocycles. The van der Waals surface area contributed by atoms with Gasteiger partial charge in [0, 0.05) is 44.3 Å². The van der Waals surface area contributed by atoms with Crippen LogP contribution in [0.25, 0.3) is 33.1 Å². The molecule has 2 aromatic carbocycles. The summed E-state index contributed by atoms with van der Waals surface area (Å²) in [5.74, 6) is 0.826. The molecule has 6 rings (SSSR count). The van der Waals surface area contributed by atoms with E-state index in [1.165, 1.54) is 23.3 Å². The number of likely N-dealkylation sites (tertiary alicyclic amines) is 1. The molecule has 2 atom stereocenters. The van der Waals surface area contributed by atoms with Crippen molar-refractivity contribution in [1.82, 2.24) is 24.3 Å². The Morgan fingerprint density at radius 3 is 2.67 bits per heavy atom. The van der Waals surface area contributed by atoms with Gasteiger partial charge in [0.2, 0.25) is 5.91 Å². The smallest absolute Gasteiger partial charge is 0.320 e. The molecule has 2 aliphatic rings. The Balaban J connectivity index is 1.43. The van der Waals surface area contributed by atoms with Gasteiger partial charge in [-0.05, 0) is 56.3 Å². The van der Waals surface area contributed by atoms with E-state index in [0.717, 1.165) is 41.1 Å². The first kappa shape index (κ1) is 25.4. The minimum absolute atomic E-state index is 0.0300. The Labute approximate surface area is 229 Å². The number of benzene rings is 2. The molecule has 0 unspecified atom stereocenters. The molecular formula is C31H36N6O2. The van der Waals surface area contributed by atoms with Gasteiger partial charge in [-0.2, -0.15) is 9.97 Å². The lowest BCUT2D eigenvalue weighted by Crippen LogP contribution is -2.54. The molecule has 0 N–H and O–H groups in total. The number of rotatable bonds is 6. The van der Waals surface area contributed by atoms with E-state index in [4.69, 9.17) is 14.7 Å². The van der Waals surface area contributed by atoms with E-state index in [2.05, 4.69) is 90.5 Å². The van der Waals surface area contributed by atoms with Crippen LogP contribution in [0.15, 0.2) is 61.2 Å². The van der Waals surface area contributed by atoms with Gasteiger partial charge in [-0.25, -0.2) is 0 Å². The van der Waals surface area contributed by atoms with Crippen LogP contribution >= 0.6 is 0 Å². The second kappa shape index (κ2) is 10.3. The van der Waals surface area contributed by atoms with Gasteiger partial charge in [-0.15, -0.1) is 0 Å². The predicted octanol–water partition coefficient (Wildman–Crippen LogP) is 4.48. The molecule has 0 spiro atoms. The number of aryl methyl sites for hydroxylation is 1. The first-order chi connectivity index (χ1) is 18.9. The highest BCUT2D eigenvalue weighted by atomic mass is 16.5. The zero-order valence-electron chi connectivity index (χ0n) is 23.0. The summed E-state index contributed by atoms with van der Waals surface area (Å²) in [4.78, 5) is 28.8. The maximum atomic E-state index is 12.4. The van der Waals surface area contributed by atoms with Crippen molar-refractivity contribution in [3.05, 3.63) is 61.2 Å². The van der Waals surface area contributed by atoms with E-state index in [0.29, 0.717) is 38.3 Å². The molecule has 202 valence electrons. The molecule has 0 radical (unpaired) electrons. The molecule has 4 aromatic rings. The first-order valence-corrected chi connectivity index (χ1v) is 13.8. The van der Waals surface area contributed by atoms with Crippen LogP contribution in [0.3, 0.4) is 0 Å². The number of carbonyl (C=O) groups excluding carboxylic acids is 1. The monoisotopic (exact) mass is 524 g/mol. The maximum Gasteiger partial charge on any atom is 0.320 e. The molecule has 4 heterocycles. The van der Waals surface area contributed by atoms with Gasteiger partial charge in [0.05, 0.1) is 11.1 Å². The molecule has 2 aromatic heterocycles. The van der Waals surface area contributed by atoms with Crippen LogP contribution in [0.4, 0.5) is 5.82 Å². The number of piperazine rings is 1. The van der Waals surface area contributed by atoms with E-state index < -0.39 is 0 Å². The number of amides is 1. The normalized spacial score (nSPS) is 20.2. The van der Waals surface area contributed by atoms with Gasteiger partial charge in [0.1, 0.15) is 18.1 Å². The molecule has 2 fully saturated rings. The van der Waals surface area contributed by atoms with Crippen molar-refractivity contribution >= 4 is 33.5 Å². The zero-order valence-corrected chi connectivity index (χ0v) is 23.0. The molecule has 1 amide bonds. The number of hydrogen-bond donors (Lipinski definition) is 0. The summed E-state index contributed by atoms with van der Waals surface area (Å²) >= 11 is 0. The van der Waals surface area contributed by atoms with Crippen molar-refractivity contribution in [2.24, 2.45) is 7.05 Å². The van der Waals surface area contributed by atoms with E-state index in [9.17, 15) is 4.79 Å². The largest absolute Gasteiger partial charge is 0.462 e. The van der Waals surface area contributed by atoms with Gasteiger partial charge in [0.25, 0.3) is 0 Å². The topological polar surface area (TPSA) is 66.7 Å². The fourth-order valence-corrected chi connectivity index (χ4v) is 6.13. The number of hydrogen-bond acceptors (Lipinski definition) is 6. The van der Waals surface area contributed by atoms with E-state index in [-0.39, 0.29) is 11.9 Å². The molecule has 0 saturated carbocycles. The average Bonchev–Trinajstić information content (AvgIpc) is 3.52. The summed E-state index contributed by atoms with van der Waals surface area (Å²) in [6.07, 6.45) is 3.71.